The van der Waals surface area contributed by atoms with Gasteiger partial charge in [-0.1, -0.05) is 195 Å². The summed E-state index contributed by atoms with van der Waals surface area (Å²) in [7, 11) is -2.74. The summed E-state index contributed by atoms with van der Waals surface area (Å²) in [6.07, 6.45) is 5.55. The number of nitrogens with zero attached hydrogens (tertiary/aromatic N) is 2. The Morgan fingerprint density at radius 2 is 1.00 bits per heavy atom. The van der Waals surface area contributed by atoms with E-state index in [-0.39, 0.29) is 5.41 Å². The van der Waals surface area contributed by atoms with Crippen molar-refractivity contribution in [3.8, 4) is 16.8 Å². The predicted octanol–water partition coefficient (Wildman–Crippen LogP) is 13.6. The van der Waals surface area contributed by atoms with Crippen LogP contribution in [0.15, 0.2) is 231 Å². The van der Waals surface area contributed by atoms with Gasteiger partial charge in [-0.2, -0.15) is 0 Å². The first-order chi connectivity index (χ1) is 33.6. The Labute approximate surface area is 401 Å². The van der Waals surface area contributed by atoms with E-state index >= 15 is 0 Å². The number of hydrogen-bond acceptors (Lipinski definition) is 1. The average Bonchev–Trinajstić information content (AvgIpc) is 3.73. The van der Waals surface area contributed by atoms with Crippen molar-refractivity contribution >= 4 is 67.7 Å². The van der Waals surface area contributed by atoms with Gasteiger partial charge in [-0.05, 0) is 135 Å². The lowest BCUT2D eigenvalue weighted by atomic mass is 9.39. The van der Waals surface area contributed by atoms with Crippen molar-refractivity contribution in [2.75, 3.05) is 4.90 Å². The number of anilines is 3. The largest absolute Gasteiger partial charge is 0.310 e. The predicted molar refractivity (Wildman–Crippen MR) is 287 cm³/mol. The summed E-state index contributed by atoms with van der Waals surface area (Å²) >= 11 is 0. The monoisotopic (exact) mass is 890 g/mol. The van der Waals surface area contributed by atoms with Crippen molar-refractivity contribution in [3.63, 3.8) is 0 Å². The fraction of sp³-hybridized carbons (Fsp3) is 0.169. The summed E-state index contributed by atoms with van der Waals surface area (Å²) in [4.78, 5) is 2.61. The van der Waals surface area contributed by atoms with E-state index in [0.29, 0.717) is 11.8 Å². The third-order valence-electron chi connectivity index (χ3n) is 17.5. The van der Waals surface area contributed by atoms with E-state index in [1.807, 2.05) is 0 Å². The van der Waals surface area contributed by atoms with Crippen LogP contribution >= 0.6 is 0 Å². The van der Waals surface area contributed by atoms with Gasteiger partial charge >= 0.3 is 0 Å². The zero-order valence-electron chi connectivity index (χ0n) is 38.5. The molecule has 0 saturated heterocycles. The highest BCUT2D eigenvalue weighted by atomic mass is 28.3. The van der Waals surface area contributed by atoms with Crippen molar-refractivity contribution < 1.29 is 0 Å². The molecule has 4 aliphatic carbocycles. The minimum atomic E-state index is -2.74. The van der Waals surface area contributed by atoms with Crippen molar-refractivity contribution in [1.29, 1.82) is 0 Å². The molecule has 4 fully saturated rings. The zero-order valence-corrected chi connectivity index (χ0v) is 39.5. The van der Waals surface area contributed by atoms with E-state index in [2.05, 4.69) is 247 Å². The molecule has 5 atom stereocenters. The van der Waals surface area contributed by atoms with Gasteiger partial charge in [-0.3, -0.25) is 0 Å². The second kappa shape index (κ2) is 15.4. The Balaban J connectivity index is 0.940. The molecule has 15 rings (SSSR count). The van der Waals surface area contributed by atoms with Gasteiger partial charge in [0, 0.05) is 27.4 Å². The van der Waals surface area contributed by atoms with E-state index in [4.69, 9.17) is 0 Å². The molecule has 1 aromatic heterocycles. The van der Waals surface area contributed by atoms with Crippen molar-refractivity contribution in [1.82, 2.24) is 4.57 Å². The molecule has 5 aliphatic rings. The molecule has 1 spiro atoms. The number of rotatable bonds is 7. The summed E-state index contributed by atoms with van der Waals surface area (Å²) < 4.78 is 2.52. The molecule has 0 N–H and O–H groups in total. The second-order valence-corrected chi connectivity index (χ2v) is 24.3. The van der Waals surface area contributed by atoms with Gasteiger partial charge in [0.1, 0.15) is 0 Å². The molecule has 2 heterocycles. The minimum absolute atomic E-state index is 0.0586. The second-order valence-electron chi connectivity index (χ2n) is 20.5. The lowest BCUT2D eigenvalue weighted by Gasteiger charge is -2.66. The standard InChI is InChI=1S/C65H54N2Si/c1-44-47-38-45-39-48(41-47)65(59(44)40-45)57-30-13-17-34-63(57)66(64-35-18-14-31-58(64)65)49-36-37-62-56(43-49)55-29-12-16-33-61(55)67(62)60-32-15-11-28-54(60)46-20-19-27-53(42-46)68(50-21-5-2-6-22-50,51-23-7-3-8-24-51)52-25-9-4-10-26-52/h2-37,42-45,47-48,59H,38-41H2,1H3/t44-,45?,47?,48?,59?/m0/s1. The third-order valence-corrected chi connectivity index (χ3v) is 22.3. The summed E-state index contributed by atoms with van der Waals surface area (Å²) in [5, 5.41) is 8.03. The normalized spacial score (nSPS) is 21.0. The maximum Gasteiger partial charge on any atom is 0.179 e. The molecule has 328 valence electrons. The van der Waals surface area contributed by atoms with Crippen LogP contribution in [-0.2, 0) is 5.41 Å². The van der Waals surface area contributed by atoms with Gasteiger partial charge in [0.25, 0.3) is 0 Å². The SMILES string of the molecule is C[C@H]1C2CC3CC(C2)C2(c4ccccc4N(c4ccc5c(c4)c4ccccc4n5-c4ccccc4-c4cccc([Si](c5ccccc5)(c5ccccc5)c5ccccc5)c4)c4ccccc42)C1C3. The number of para-hydroxylation sites is 4. The van der Waals surface area contributed by atoms with E-state index < -0.39 is 8.07 Å². The molecule has 3 heteroatoms. The minimum Gasteiger partial charge on any atom is -0.310 e. The van der Waals surface area contributed by atoms with Gasteiger partial charge < -0.3 is 9.47 Å². The van der Waals surface area contributed by atoms with Crippen LogP contribution in [0.25, 0.3) is 38.6 Å². The molecule has 0 amide bonds. The molecular weight excluding hydrogens is 837 g/mol. The molecule has 4 unspecified atom stereocenters. The fourth-order valence-electron chi connectivity index (χ4n) is 15.0. The van der Waals surface area contributed by atoms with Gasteiger partial charge in [-0.25, -0.2) is 0 Å². The zero-order chi connectivity index (χ0) is 45.0. The maximum atomic E-state index is 2.61. The van der Waals surface area contributed by atoms with Crippen molar-refractivity contribution in [2.45, 2.75) is 38.0 Å². The number of hydrogen-bond donors (Lipinski definition) is 0. The lowest BCUT2D eigenvalue weighted by Crippen LogP contribution is -2.74. The molecule has 9 aromatic carbocycles. The highest BCUT2D eigenvalue weighted by molar-refractivity contribution is 7.19. The quantitative estimate of drug-likeness (QED) is 0.114. The Hall–Kier alpha value is -7.20. The fourth-order valence-corrected chi connectivity index (χ4v) is 19.8. The van der Waals surface area contributed by atoms with Gasteiger partial charge in [0.05, 0.1) is 28.1 Å². The van der Waals surface area contributed by atoms with Crippen LogP contribution < -0.4 is 25.6 Å². The van der Waals surface area contributed by atoms with Crippen LogP contribution in [0.4, 0.5) is 17.1 Å². The molecule has 0 radical (unpaired) electrons. The van der Waals surface area contributed by atoms with E-state index in [1.165, 1.54) is 102 Å². The average molecular weight is 891 g/mol. The van der Waals surface area contributed by atoms with Crippen LogP contribution in [0.2, 0.25) is 0 Å². The van der Waals surface area contributed by atoms with Gasteiger partial charge in [-0.15, -0.1) is 0 Å². The van der Waals surface area contributed by atoms with Crippen LogP contribution in [0, 0.1) is 29.6 Å². The maximum absolute atomic E-state index is 2.74. The van der Waals surface area contributed by atoms with Crippen molar-refractivity contribution in [3.05, 3.63) is 242 Å². The van der Waals surface area contributed by atoms with Crippen molar-refractivity contribution in [2.24, 2.45) is 29.6 Å². The molecule has 10 aromatic rings. The summed E-state index contributed by atoms with van der Waals surface area (Å²) in [6.45, 7) is 2.60. The summed E-state index contributed by atoms with van der Waals surface area (Å²) in [5.41, 5.74) is 13.1. The number of fused-ring (bicyclic) bond motifs is 5. The summed E-state index contributed by atoms with van der Waals surface area (Å²) in [5.74, 6) is 3.89. The first-order valence-electron chi connectivity index (χ1n) is 25.0. The molecule has 4 bridgehead atoms. The van der Waals surface area contributed by atoms with Crippen LogP contribution in [0.1, 0.15) is 43.7 Å². The molecule has 1 aliphatic heterocycles. The van der Waals surface area contributed by atoms with E-state index in [1.54, 1.807) is 11.1 Å². The molecule has 68 heavy (non-hydrogen) atoms. The molecular formula is C65H54N2Si. The Morgan fingerprint density at radius 1 is 0.441 bits per heavy atom. The highest BCUT2D eigenvalue weighted by Gasteiger charge is 2.63. The Bertz CT molecular complexity index is 3390. The third kappa shape index (κ3) is 5.57. The Kier molecular flexibility index (Phi) is 9.05. The van der Waals surface area contributed by atoms with Gasteiger partial charge in [0.15, 0.2) is 8.07 Å². The molecule has 4 saturated carbocycles. The van der Waals surface area contributed by atoms with Crippen LogP contribution in [0.5, 0.6) is 0 Å². The molecule has 2 nitrogen and oxygen atoms in total. The Morgan fingerprint density at radius 3 is 1.68 bits per heavy atom. The number of benzene rings is 9. The van der Waals surface area contributed by atoms with Crippen LogP contribution in [-0.4, -0.2) is 12.6 Å². The smallest absolute Gasteiger partial charge is 0.179 e. The highest BCUT2D eigenvalue weighted by Crippen LogP contribution is 2.70. The summed E-state index contributed by atoms with van der Waals surface area (Å²) in [6, 6.07) is 87.7. The topological polar surface area (TPSA) is 8.17 Å². The van der Waals surface area contributed by atoms with Crippen LogP contribution in [0.3, 0.4) is 0 Å². The van der Waals surface area contributed by atoms with E-state index in [9.17, 15) is 0 Å². The first kappa shape index (κ1) is 39.9. The first-order valence-corrected chi connectivity index (χ1v) is 27.0. The van der Waals surface area contributed by atoms with E-state index in [0.717, 1.165) is 17.8 Å². The lowest BCUT2D eigenvalue weighted by molar-refractivity contribution is -0.0834. The number of aromatic nitrogens is 1. The van der Waals surface area contributed by atoms with Gasteiger partial charge in [0.2, 0.25) is 0 Å².